The largest absolute Gasteiger partial charge is 0.293 e. The first kappa shape index (κ1) is 10.5. The van der Waals surface area contributed by atoms with Crippen LogP contribution in [0.1, 0.15) is 17.5 Å². The van der Waals surface area contributed by atoms with Gasteiger partial charge in [-0.15, -0.1) is 0 Å². The molecule has 2 rings (SSSR count). The van der Waals surface area contributed by atoms with Crippen LogP contribution in [0.25, 0.3) is 0 Å². The molecule has 0 atom stereocenters. The van der Waals surface area contributed by atoms with Crippen LogP contribution >= 0.6 is 0 Å². The molecule has 1 saturated heterocycles. The molecule has 1 aromatic heterocycles. The average Bonchev–Trinajstić information content (AvgIpc) is 2.45. The third-order valence-electron chi connectivity index (χ3n) is 2.59. The minimum absolute atomic E-state index is 0.0216. The van der Waals surface area contributed by atoms with E-state index in [-0.39, 0.29) is 13.0 Å². The quantitative estimate of drug-likeness (QED) is 0.747. The van der Waals surface area contributed by atoms with Gasteiger partial charge in [-0.05, 0) is 18.1 Å². The molecular weight excluding hydrogens is 198 g/mol. The molecule has 0 saturated carbocycles. The summed E-state index contributed by atoms with van der Waals surface area (Å²) in [5, 5.41) is 0. The van der Waals surface area contributed by atoms with Gasteiger partial charge in [0.15, 0.2) is 0 Å². The highest BCUT2D eigenvalue weighted by molar-refractivity contribution is 5.16. The van der Waals surface area contributed by atoms with E-state index in [1.165, 1.54) is 0 Å². The van der Waals surface area contributed by atoms with Crippen molar-refractivity contribution in [1.29, 1.82) is 0 Å². The molecule has 1 fully saturated rings. The number of rotatable bonds is 2. The van der Waals surface area contributed by atoms with Crippen LogP contribution in [0.4, 0.5) is 8.78 Å². The molecule has 4 heteroatoms. The Balaban J connectivity index is 1.99. The van der Waals surface area contributed by atoms with Crippen molar-refractivity contribution >= 4 is 0 Å². The lowest BCUT2D eigenvalue weighted by atomic mass is 10.2. The summed E-state index contributed by atoms with van der Waals surface area (Å²) in [5.41, 5.74) is 2.08. The summed E-state index contributed by atoms with van der Waals surface area (Å²) >= 11 is 0. The topological polar surface area (TPSA) is 16.1 Å². The van der Waals surface area contributed by atoms with E-state index in [1.807, 2.05) is 13.0 Å². The fraction of sp³-hybridized carbons (Fsp3) is 0.545. The van der Waals surface area contributed by atoms with Gasteiger partial charge in [0.1, 0.15) is 0 Å². The highest BCUT2D eigenvalue weighted by atomic mass is 19.3. The number of hydrogen-bond donors (Lipinski definition) is 0. The van der Waals surface area contributed by atoms with E-state index >= 15 is 0 Å². The fourth-order valence-electron chi connectivity index (χ4n) is 1.90. The molecule has 82 valence electrons. The van der Waals surface area contributed by atoms with E-state index in [0.29, 0.717) is 13.1 Å². The van der Waals surface area contributed by atoms with Crippen LogP contribution in [0.5, 0.6) is 0 Å². The van der Waals surface area contributed by atoms with E-state index in [2.05, 4.69) is 4.98 Å². The lowest BCUT2D eigenvalue weighted by Crippen LogP contribution is -2.24. The zero-order valence-electron chi connectivity index (χ0n) is 8.71. The Morgan fingerprint density at radius 3 is 2.87 bits per heavy atom. The molecule has 0 aliphatic carbocycles. The van der Waals surface area contributed by atoms with E-state index in [0.717, 1.165) is 11.1 Å². The number of alkyl halides is 2. The van der Waals surface area contributed by atoms with Crippen molar-refractivity contribution in [3.63, 3.8) is 0 Å². The van der Waals surface area contributed by atoms with Crippen LogP contribution in [0, 0.1) is 6.92 Å². The lowest BCUT2D eigenvalue weighted by molar-refractivity contribution is 0.0115. The number of likely N-dealkylation sites (tertiary alicyclic amines) is 1. The van der Waals surface area contributed by atoms with Crippen molar-refractivity contribution < 1.29 is 8.78 Å². The maximum Gasteiger partial charge on any atom is 0.261 e. The number of hydrogen-bond acceptors (Lipinski definition) is 2. The van der Waals surface area contributed by atoms with Gasteiger partial charge >= 0.3 is 0 Å². The summed E-state index contributed by atoms with van der Waals surface area (Å²) in [6.45, 7) is 2.88. The average molecular weight is 212 g/mol. The highest BCUT2D eigenvalue weighted by Crippen LogP contribution is 2.27. The molecule has 1 aromatic rings. The summed E-state index contributed by atoms with van der Waals surface area (Å²) in [6, 6.07) is 1.99. The van der Waals surface area contributed by atoms with Crippen molar-refractivity contribution in [3.05, 3.63) is 29.6 Å². The Morgan fingerprint density at radius 1 is 1.47 bits per heavy atom. The van der Waals surface area contributed by atoms with E-state index in [1.54, 1.807) is 17.3 Å². The number of pyridine rings is 1. The SMILES string of the molecule is Cc1cncc(CN2CCC(F)(F)C2)c1. The monoisotopic (exact) mass is 212 g/mol. The first-order valence-corrected chi connectivity index (χ1v) is 5.06. The van der Waals surface area contributed by atoms with Crippen molar-refractivity contribution in [2.24, 2.45) is 0 Å². The molecule has 1 aliphatic heterocycles. The summed E-state index contributed by atoms with van der Waals surface area (Å²) in [7, 11) is 0. The summed E-state index contributed by atoms with van der Waals surface area (Å²) in [5.74, 6) is -2.50. The third-order valence-corrected chi connectivity index (χ3v) is 2.59. The van der Waals surface area contributed by atoms with Crippen LogP contribution < -0.4 is 0 Å². The van der Waals surface area contributed by atoms with Crippen LogP contribution in [-0.4, -0.2) is 28.9 Å². The fourth-order valence-corrected chi connectivity index (χ4v) is 1.90. The second-order valence-corrected chi connectivity index (χ2v) is 4.19. The Labute approximate surface area is 87.9 Å². The van der Waals surface area contributed by atoms with Crippen molar-refractivity contribution in [2.45, 2.75) is 25.8 Å². The minimum Gasteiger partial charge on any atom is -0.293 e. The van der Waals surface area contributed by atoms with Gasteiger partial charge in [-0.3, -0.25) is 9.88 Å². The van der Waals surface area contributed by atoms with E-state index in [4.69, 9.17) is 0 Å². The van der Waals surface area contributed by atoms with Gasteiger partial charge in [0.2, 0.25) is 0 Å². The van der Waals surface area contributed by atoms with E-state index in [9.17, 15) is 8.78 Å². The van der Waals surface area contributed by atoms with Gasteiger partial charge in [0.25, 0.3) is 5.92 Å². The second-order valence-electron chi connectivity index (χ2n) is 4.19. The van der Waals surface area contributed by atoms with Crippen molar-refractivity contribution in [3.8, 4) is 0 Å². The van der Waals surface area contributed by atoms with Gasteiger partial charge < -0.3 is 0 Å². The number of aryl methyl sites for hydroxylation is 1. The molecule has 0 amide bonds. The molecular formula is C11H14F2N2. The first-order valence-electron chi connectivity index (χ1n) is 5.06. The Kier molecular flexibility index (Phi) is 2.69. The molecule has 0 bridgehead atoms. The molecule has 1 aliphatic rings. The highest BCUT2D eigenvalue weighted by Gasteiger charge is 2.37. The smallest absolute Gasteiger partial charge is 0.261 e. The molecule has 0 spiro atoms. The predicted octanol–water partition coefficient (Wildman–Crippen LogP) is 2.23. The van der Waals surface area contributed by atoms with Gasteiger partial charge in [-0.1, -0.05) is 6.07 Å². The zero-order valence-corrected chi connectivity index (χ0v) is 8.71. The Bertz CT molecular complexity index is 352. The summed E-state index contributed by atoms with van der Waals surface area (Å²) in [4.78, 5) is 5.82. The Hall–Kier alpha value is -1.03. The van der Waals surface area contributed by atoms with Gasteiger partial charge in [-0.25, -0.2) is 8.78 Å². The molecule has 2 heterocycles. The first-order chi connectivity index (χ1) is 7.05. The molecule has 2 nitrogen and oxygen atoms in total. The lowest BCUT2D eigenvalue weighted by Gasteiger charge is -2.15. The molecule has 0 unspecified atom stereocenters. The molecule has 0 radical (unpaired) electrons. The molecule has 15 heavy (non-hydrogen) atoms. The van der Waals surface area contributed by atoms with Crippen LogP contribution in [-0.2, 0) is 6.54 Å². The third kappa shape index (κ3) is 2.72. The summed E-state index contributed by atoms with van der Waals surface area (Å²) in [6.07, 6.45) is 3.48. The van der Waals surface area contributed by atoms with Gasteiger partial charge in [0.05, 0.1) is 6.54 Å². The number of nitrogens with zero attached hydrogens (tertiary/aromatic N) is 2. The van der Waals surface area contributed by atoms with Crippen LogP contribution in [0.3, 0.4) is 0 Å². The molecule has 0 N–H and O–H groups in total. The standard InChI is InChI=1S/C11H14F2N2/c1-9-4-10(6-14-5-9)7-15-3-2-11(12,13)8-15/h4-6H,2-3,7-8H2,1H3. The van der Waals surface area contributed by atoms with Gasteiger partial charge in [-0.2, -0.15) is 0 Å². The Morgan fingerprint density at radius 2 is 2.27 bits per heavy atom. The number of aromatic nitrogens is 1. The van der Waals surface area contributed by atoms with Gasteiger partial charge in [0, 0.05) is 31.9 Å². The maximum absolute atomic E-state index is 12.9. The van der Waals surface area contributed by atoms with Crippen molar-refractivity contribution in [1.82, 2.24) is 9.88 Å². The predicted molar refractivity (Wildman–Crippen MR) is 53.8 cm³/mol. The second kappa shape index (κ2) is 3.85. The van der Waals surface area contributed by atoms with Crippen LogP contribution in [0.2, 0.25) is 0 Å². The van der Waals surface area contributed by atoms with Crippen molar-refractivity contribution in [2.75, 3.05) is 13.1 Å². The van der Waals surface area contributed by atoms with Crippen LogP contribution in [0.15, 0.2) is 18.5 Å². The zero-order chi connectivity index (χ0) is 10.9. The minimum atomic E-state index is -2.50. The van der Waals surface area contributed by atoms with E-state index < -0.39 is 5.92 Å². The normalized spacial score (nSPS) is 20.7. The number of halogens is 2. The maximum atomic E-state index is 12.9. The summed E-state index contributed by atoms with van der Waals surface area (Å²) < 4.78 is 25.8. The molecule has 0 aromatic carbocycles.